The van der Waals surface area contributed by atoms with E-state index in [1.807, 2.05) is 138 Å². The first-order valence-corrected chi connectivity index (χ1v) is 26.7. The lowest BCUT2D eigenvalue weighted by atomic mass is 9.63. The van der Waals surface area contributed by atoms with Gasteiger partial charge in [-0.15, -0.1) is 0 Å². The predicted octanol–water partition coefficient (Wildman–Crippen LogP) is 19.5. The average molecular weight is 1020 g/mol. The smallest absolute Gasteiger partial charge is 0.137 e. The summed E-state index contributed by atoms with van der Waals surface area (Å²) < 4.78 is 121. The van der Waals surface area contributed by atoms with Crippen LogP contribution in [-0.2, 0) is 23.6 Å². The normalized spacial score (nSPS) is 17.7. The first-order chi connectivity index (χ1) is 41.5. The summed E-state index contributed by atoms with van der Waals surface area (Å²) in [6.07, 6.45) is -0.681. The molecule has 0 spiro atoms. The highest BCUT2D eigenvalue weighted by atomic mass is 16.5. The molecule has 0 unspecified atom stereocenters. The molecule has 6 nitrogen and oxygen atoms in total. The van der Waals surface area contributed by atoms with E-state index in [1.54, 1.807) is 41.1 Å². The molecule has 0 atom stereocenters. The van der Waals surface area contributed by atoms with Gasteiger partial charge in [-0.3, -0.25) is 4.57 Å². The van der Waals surface area contributed by atoms with Crippen LogP contribution >= 0.6 is 0 Å². The molecule has 10 bridgehead atoms. The highest BCUT2D eigenvalue weighted by Crippen LogP contribution is 2.54. The summed E-state index contributed by atoms with van der Waals surface area (Å²) in [7, 11) is 0. The second-order valence-corrected chi connectivity index (χ2v) is 23.4. The van der Waals surface area contributed by atoms with E-state index in [9.17, 15) is 12.3 Å². The van der Waals surface area contributed by atoms with Gasteiger partial charge < -0.3 is 19.3 Å². The molecule has 0 fully saturated rings. The maximum atomic E-state index is 10.3. The van der Waals surface area contributed by atoms with E-state index in [0.717, 1.165) is 40.9 Å². The number of hydrogen-bond acceptors (Lipinski definition) is 5. The number of aromatic nitrogens is 2. The molecule has 0 saturated carbocycles. The Balaban J connectivity index is 1.11. The Labute approximate surface area is 470 Å². The van der Waals surface area contributed by atoms with Gasteiger partial charge >= 0.3 is 0 Å². The van der Waals surface area contributed by atoms with Gasteiger partial charge in [-0.05, 0) is 142 Å². The largest absolute Gasteiger partial charge is 0.457 e. The molecule has 0 amide bonds. The van der Waals surface area contributed by atoms with E-state index < -0.39 is 47.0 Å². The van der Waals surface area contributed by atoms with Crippen molar-refractivity contribution in [3.63, 3.8) is 0 Å². The van der Waals surface area contributed by atoms with E-state index in [-0.39, 0.29) is 70.7 Å². The summed E-state index contributed by atoms with van der Waals surface area (Å²) in [5, 5.41) is 0.711. The van der Waals surface area contributed by atoms with Crippen molar-refractivity contribution in [1.29, 1.82) is 0 Å². The van der Waals surface area contributed by atoms with Crippen molar-refractivity contribution in [2.45, 2.75) is 98.7 Å². The van der Waals surface area contributed by atoms with E-state index in [0.29, 0.717) is 67.2 Å². The van der Waals surface area contributed by atoms with Crippen molar-refractivity contribution in [3.8, 4) is 62.2 Å². The Hall–Kier alpha value is -8.09. The van der Waals surface area contributed by atoms with Crippen LogP contribution in [0.3, 0.4) is 0 Å². The zero-order chi connectivity index (χ0) is 62.6. The zero-order valence-electron chi connectivity index (χ0n) is 56.1. The number of benzene rings is 8. The molecule has 77 heavy (non-hydrogen) atoms. The van der Waals surface area contributed by atoms with Gasteiger partial charge in [-0.1, -0.05) is 165 Å². The Morgan fingerprint density at radius 2 is 1.31 bits per heavy atom. The SMILES string of the molecule is [2H]c1c([2H])c2c(c([2H])c1-c1cccc3c1N1CN(c4ccc(C([2H])([2H])C(C)C)c(c4)Oc4ccc5c6c([2H])c([2H])c([2H])c([2H])c6n(c5c4)-c4cc(C([2H])([2H])C(C)(C)C)c(cn4)-c4ccc(cc4)Oc4ccccc4-3)c3ccccc31)C(C)(C)CCC2(C)C. The summed E-state index contributed by atoms with van der Waals surface area (Å²) in [5.74, 6) is 1.20. The minimum absolute atomic E-state index is 0.0250. The van der Waals surface area contributed by atoms with Gasteiger partial charge in [-0.2, -0.15) is 0 Å². The van der Waals surface area contributed by atoms with Gasteiger partial charge in [0.25, 0.3) is 0 Å². The molecule has 8 aromatic carbocycles. The van der Waals surface area contributed by atoms with E-state index >= 15 is 0 Å². The Morgan fingerprint density at radius 3 is 2.10 bits per heavy atom. The number of nitrogens with zero attached hydrogens (tertiary/aromatic N) is 4. The van der Waals surface area contributed by atoms with Crippen molar-refractivity contribution in [3.05, 3.63) is 204 Å². The first-order valence-electron chi connectivity index (χ1n) is 32.2. The van der Waals surface area contributed by atoms with Crippen LogP contribution < -0.4 is 19.3 Å². The van der Waals surface area contributed by atoms with Crippen molar-refractivity contribution >= 4 is 44.6 Å². The third-order valence-electron chi connectivity index (χ3n) is 15.4. The molecule has 2 aromatic heterocycles. The fraction of sp³-hybridized carbons (Fsp3) is 0.254. The zero-order valence-corrected chi connectivity index (χ0v) is 45.1. The summed E-state index contributed by atoms with van der Waals surface area (Å²) in [5.41, 5.74) is 7.31. The fourth-order valence-electron chi connectivity index (χ4n) is 11.5. The van der Waals surface area contributed by atoms with Crippen LogP contribution in [0.2, 0.25) is 0 Å². The van der Waals surface area contributed by atoms with Crippen LogP contribution in [0.25, 0.3) is 61.0 Å². The number of rotatable bonds is 4. The quantitative estimate of drug-likeness (QED) is 0.176. The molecule has 0 radical (unpaired) electrons. The van der Waals surface area contributed by atoms with Gasteiger partial charge in [-0.25, -0.2) is 4.98 Å². The van der Waals surface area contributed by atoms with Crippen LogP contribution in [0.1, 0.15) is 112 Å². The summed E-state index contributed by atoms with van der Waals surface area (Å²) in [4.78, 5) is 9.34. The second-order valence-electron chi connectivity index (χ2n) is 23.4. The van der Waals surface area contributed by atoms with Crippen LogP contribution in [0, 0.1) is 11.3 Å². The van der Waals surface area contributed by atoms with Gasteiger partial charge in [0, 0.05) is 62.5 Å². The van der Waals surface area contributed by atoms with E-state index in [4.69, 9.17) is 17.2 Å². The molecule has 0 N–H and O–H groups in total. The molecule has 5 aliphatic rings. The standard InChI is InChI=1S/C71H68N4O2/c1-45(2)37-48-25-29-50-40-66(48)77-52-32-33-55-54-17-10-12-21-61(54)75(64(55)41-52)67-39-49(42-69(3,4)5)58(43-72-67)46-26-30-51(31-27-46)76-65-24-15-11-18-56(65)57-20-16-19-53(68(57)74-44-73(50)62-22-13-14-23-63(62)74)47-28-34-59-60(38-47)71(8,9)36-35-70(59,6)7/h10-34,38-41,43,45H,35-37,42,44H2,1-9H3/i10D,12D,17D,21D,28D,34D,37D2,38D,42D2. The highest BCUT2D eigenvalue weighted by molar-refractivity contribution is 6.09. The first kappa shape index (κ1) is 37.6. The number of pyridine rings is 1. The Bertz CT molecular complexity index is 4560. The molecular formula is C71H68N4O2. The maximum absolute atomic E-state index is 10.3. The average Bonchev–Trinajstić information content (AvgIpc) is 1.03. The lowest BCUT2D eigenvalue weighted by molar-refractivity contribution is 0.332. The minimum Gasteiger partial charge on any atom is -0.457 e. The molecular weight excluding hydrogens is 941 g/mol. The van der Waals surface area contributed by atoms with Gasteiger partial charge in [0.15, 0.2) is 0 Å². The second kappa shape index (κ2) is 18.3. The van der Waals surface area contributed by atoms with E-state index in [1.165, 1.54) is 0 Å². The molecule has 384 valence electrons. The minimum atomic E-state index is -2.00. The molecule has 4 aliphatic heterocycles. The lowest BCUT2D eigenvalue weighted by Crippen LogP contribution is -2.33. The molecule has 1 aliphatic carbocycles. The van der Waals surface area contributed by atoms with Crippen LogP contribution in [-0.4, -0.2) is 16.2 Å². The van der Waals surface area contributed by atoms with Crippen molar-refractivity contribution in [2.24, 2.45) is 11.3 Å². The van der Waals surface area contributed by atoms with Gasteiger partial charge in [0.05, 0.1) is 37.7 Å². The van der Waals surface area contributed by atoms with Crippen LogP contribution in [0.15, 0.2) is 182 Å². The summed E-state index contributed by atoms with van der Waals surface area (Å²) >= 11 is 0. The highest BCUT2D eigenvalue weighted by Gasteiger charge is 2.38. The number of para-hydroxylation sites is 5. The lowest BCUT2D eigenvalue weighted by Gasteiger charge is -2.42. The molecule has 10 aromatic rings. The number of fused-ring (bicyclic) bond motifs is 6. The maximum Gasteiger partial charge on any atom is 0.137 e. The van der Waals surface area contributed by atoms with Crippen LogP contribution in [0.5, 0.6) is 23.0 Å². The van der Waals surface area contributed by atoms with Gasteiger partial charge in [0.1, 0.15) is 35.5 Å². The van der Waals surface area contributed by atoms with Crippen molar-refractivity contribution in [1.82, 2.24) is 9.55 Å². The fourth-order valence-corrected chi connectivity index (χ4v) is 11.5. The molecule has 6 heterocycles. The Morgan fingerprint density at radius 1 is 0.610 bits per heavy atom. The van der Waals surface area contributed by atoms with E-state index in [2.05, 4.69) is 37.5 Å². The van der Waals surface area contributed by atoms with Crippen molar-refractivity contribution < 1.29 is 24.6 Å². The number of hydrogen-bond donors (Lipinski definition) is 0. The molecule has 15 rings (SSSR count). The Kier molecular flexibility index (Phi) is 8.94. The monoisotopic (exact) mass is 1020 g/mol. The summed E-state index contributed by atoms with van der Waals surface area (Å²) in [6.45, 7) is 17.8. The number of ether oxygens (including phenoxy) is 2. The third kappa shape index (κ3) is 8.63. The number of anilines is 4. The topological polar surface area (TPSA) is 42.8 Å². The molecule has 6 heteroatoms. The summed E-state index contributed by atoms with van der Waals surface area (Å²) in [6, 6.07) is 40.3. The van der Waals surface area contributed by atoms with Crippen molar-refractivity contribution in [2.75, 3.05) is 16.5 Å². The predicted molar refractivity (Wildman–Crippen MR) is 320 cm³/mol. The third-order valence-corrected chi connectivity index (χ3v) is 15.4. The van der Waals surface area contributed by atoms with Gasteiger partial charge in [0.2, 0.25) is 0 Å². The van der Waals surface area contributed by atoms with Crippen LogP contribution in [0.4, 0.5) is 22.7 Å². The molecule has 0 saturated heterocycles.